The number of nitrogens with one attached hydrogen (secondary N) is 1. The summed E-state index contributed by atoms with van der Waals surface area (Å²) in [6.07, 6.45) is -1.45. The minimum absolute atomic E-state index is 0.0571. The SMILES string of the molecule is CC1(C)OB(C(=Cc2cccc(C(F)F)c2)CNC(=O)OCC2c3ccccc3-c3ccccc32)OC1(C)C. The summed E-state index contributed by atoms with van der Waals surface area (Å²) in [5.41, 5.74) is 4.42. The monoisotopic (exact) mass is 531 g/mol. The summed E-state index contributed by atoms with van der Waals surface area (Å²) in [6, 6.07) is 22.4. The van der Waals surface area contributed by atoms with Crippen molar-refractivity contribution >= 4 is 19.3 Å². The van der Waals surface area contributed by atoms with Crippen LogP contribution in [-0.4, -0.2) is 37.6 Å². The average molecular weight is 531 g/mol. The lowest BCUT2D eigenvalue weighted by Crippen LogP contribution is -2.41. The second-order valence-corrected chi connectivity index (χ2v) is 11.0. The predicted molar refractivity (Wildman–Crippen MR) is 149 cm³/mol. The van der Waals surface area contributed by atoms with Gasteiger partial charge in [-0.25, -0.2) is 13.6 Å². The standard InChI is InChI=1S/C31H32BF2NO4/c1-30(2)31(3,4)39-32(38-30)22(17-20-10-9-11-21(16-20)28(33)34)18-35-29(36)37-19-27-25-14-7-5-12-23(25)24-13-6-8-15-26(24)27/h5-17,27-28H,18-19H2,1-4H3,(H,35,36). The fourth-order valence-corrected chi connectivity index (χ4v) is 5.02. The summed E-state index contributed by atoms with van der Waals surface area (Å²) in [6.45, 7) is 7.97. The molecule has 0 spiro atoms. The molecule has 8 heteroatoms. The molecule has 2 aliphatic rings. The molecular formula is C31H32BF2NO4. The lowest BCUT2D eigenvalue weighted by Gasteiger charge is -2.32. The van der Waals surface area contributed by atoms with E-state index in [2.05, 4.69) is 29.6 Å². The van der Waals surface area contributed by atoms with Crippen molar-refractivity contribution in [1.82, 2.24) is 5.32 Å². The number of rotatable bonds is 7. The van der Waals surface area contributed by atoms with Crippen LogP contribution in [0, 0.1) is 0 Å². The van der Waals surface area contributed by atoms with Crippen molar-refractivity contribution in [3.63, 3.8) is 0 Å². The first kappa shape index (κ1) is 27.1. The van der Waals surface area contributed by atoms with Gasteiger partial charge in [-0.15, -0.1) is 0 Å². The van der Waals surface area contributed by atoms with E-state index in [0.29, 0.717) is 11.0 Å². The Bertz CT molecular complexity index is 1340. The molecule has 1 heterocycles. The molecule has 0 saturated carbocycles. The number of hydrogen-bond donors (Lipinski definition) is 1. The lowest BCUT2D eigenvalue weighted by molar-refractivity contribution is 0.00578. The van der Waals surface area contributed by atoms with Crippen molar-refractivity contribution in [3.05, 3.63) is 101 Å². The molecule has 0 unspecified atom stereocenters. The van der Waals surface area contributed by atoms with Crippen LogP contribution in [0.2, 0.25) is 0 Å². The summed E-state index contributed by atoms with van der Waals surface area (Å²) in [5.74, 6) is -0.0571. The molecule has 3 aromatic carbocycles. The van der Waals surface area contributed by atoms with E-state index < -0.39 is 30.8 Å². The Hall–Kier alpha value is -3.49. The minimum atomic E-state index is -2.59. The largest absolute Gasteiger partial charge is 0.492 e. The summed E-state index contributed by atoms with van der Waals surface area (Å²) in [7, 11) is -0.765. The highest BCUT2D eigenvalue weighted by atomic mass is 19.3. The lowest BCUT2D eigenvalue weighted by atomic mass is 9.77. The molecule has 202 valence electrons. The first-order chi connectivity index (χ1) is 18.6. The van der Waals surface area contributed by atoms with Crippen LogP contribution < -0.4 is 5.32 Å². The van der Waals surface area contributed by atoms with E-state index in [4.69, 9.17) is 14.0 Å². The molecule has 1 aliphatic carbocycles. The van der Waals surface area contributed by atoms with Crippen LogP contribution in [0.5, 0.6) is 0 Å². The van der Waals surface area contributed by atoms with Crippen LogP contribution in [0.4, 0.5) is 13.6 Å². The smallest absolute Gasteiger partial charge is 0.449 e. The number of halogens is 2. The molecule has 0 bridgehead atoms. The maximum absolute atomic E-state index is 13.3. The van der Waals surface area contributed by atoms with Gasteiger partial charge in [0.1, 0.15) is 6.61 Å². The molecule has 0 aromatic heterocycles. The highest BCUT2D eigenvalue weighted by molar-refractivity contribution is 6.56. The number of alkyl halides is 2. The highest BCUT2D eigenvalue weighted by Crippen LogP contribution is 2.44. The van der Waals surface area contributed by atoms with Gasteiger partial charge in [0.2, 0.25) is 0 Å². The maximum Gasteiger partial charge on any atom is 0.492 e. The van der Waals surface area contributed by atoms with Crippen LogP contribution in [0.15, 0.2) is 78.3 Å². The third-order valence-corrected chi connectivity index (χ3v) is 7.85. The van der Waals surface area contributed by atoms with E-state index in [-0.39, 0.29) is 24.6 Å². The number of carbonyl (C=O) groups is 1. The molecule has 0 atom stereocenters. The van der Waals surface area contributed by atoms with E-state index >= 15 is 0 Å². The zero-order chi connectivity index (χ0) is 27.8. The fourth-order valence-electron chi connectivity index (χ4n) is 5.02. The highest BCUT2D eigenvalue weighted by Gasteiger charge is 2.52. The number of benzene rings is 3. The Morgan fingerprint density at radius 3 is 2.13 bits per heavy atom. The van der Waals surface area contributed by atoms with Gasteiger partial charge >= 0.3 is 13.2 Å². The number of amides is 1. The van der Waals surface area contributed by atoms with Gasteiger partial charge in [0.05, 0.1) is 11.2 Å². The Balaban J connectivity index is 1.31. The van der Waals surface area contributed by atoms with Crippen molar-refractivity contribution in [3.8, 4) is 11.1 Å². The first-order valence-electron chi connectivity index (χ1n) is 13.1. The normalized spacial score (nSPS) is 17.7. The molecule has 1 aliphatic heterocycles. The third-order valence-electron chi connectivity index (χ3n) is 7.85. The molecule has 1 N–H and O–H groups in total. The van der Waals surface area contributed by atoms with Gasteiger partial charge in [-0.3, -0.25) is 0 Å². The Morgan fingerprint density at radius 2 is 1.54 bits per heavy atom. The molecular weight excluding hydrogens is 499 g/mol. The third kappa shape index (κ3) is 5.49. The first-order valence-corrected chi connectivity index (χ1v) is 13.1. The molecule has 5 rings (SSSR count). The van der Waals surface area contributed by atoms with Gasteiger partial charge in [0, 0.05) is 18.0 Å². The van der Waals surface area contributed by atoms with Gasteiger partial charge in [0.25, 0.3) is 6.43 Å². The molecule has 1 amide bonds. The van der Waals surface area contributed by atoms with Gasteiger partial charge in [-0.1, -0.05) is 72.8 Å². The van der Waals surface area contributed by atoms with E-state index in [9.17, 15) is 13.6 Å². The van der Waals surface area contributed by atoms with Crippen LogP contribution in [0.3, 0.4) is 0 Å². The van der Waals surface area contributed by atoms with Crippen molar-refractivity contribution in [2.75, 3.05) is 13.2 Å². The van der Waals surface area contributed by atoms with E-state index in [1.165, 1.54) is 12.1 Å². The molecule has 5 nitrogen and oxygen atoms in total. The van der Waals surface area contributed by atoms with Gasteiger partial charge in [-0.2, -0.15) is 0 Å². The molecule has 39 heavy (non-hydrogen) atoms. The minimum Gasteiger partial charge on any atom is -0.449 e. The quantitative estimate of drug-likeness (QED) is 0.328. The molecule has 1 saturated heterocycles. The predicted octanol–water partition coefficient (Wildman–Crippen LogP) is 7.18. The van der Waals surface area contributed by atoms with Crippen molar-refractivity contribution < 1.29 is 27.6 Å². The second kappa shape index (κ2) is 10.6. The molecule has 3 aromatic rings. The molecule has 1 fully saturated rings. The summed E-state index contributed by atoms with van der Waals surface area (Å²) >= 11 is 0. The number of alkyl carbamates (subject to hydrolysis) is 1. The molecule has 0 radical (unpaired) electrons. The maximum atomic E-state index is 13.3. The van der Waals surface area contributed by atoms with E-state index in [1.807, 2.05) is 52.0 Å². The zero-order valence-corrected chi connectivity index (χ0v) is 22.5. The average Bonchev–Trinajstić information content (AvgIpc) is 3.34. The van der Waals surface area contributed by atoms with Crippen LogP contribution in [-0.2, 0) is 14.0 Å². The van der Waals surface area contributed by atoms with Crippen LogP contribution >= 0.6 is 0 Å². The van der Waals surface area contributed by atoms with Gasteiger partial charge in [0.15, 0.2) is 0 Å². The number of carbonyl (C=O) groups excluding carboxylic acids is 1. The van der Waals surface area contributed by atoms with Crippen molar-refractivity contribution in [2.45, 2.75) is 51.2 Å². The fraction of sp³-hybridized carbons (Fsp3) is 0.323. The summed E-state index contributed by atoms with van der Waals surface area (Å²) in [4.78, 5) is 12.9. The summed E-state index contributed by atoms with van der Waals surface area (Å²) < 4.78 is 44.7. The number of hydrogen-bond acceptors (Lipinski definition) is 4. The summed E-state index contributed by atoms with van der Waals surface area (Å²) in [5, 5.41) is 2.81. The topological polar surface area (TPSA) is 56.8 Å². The Labute approximate surface area is 228 Å². The Kier molecular flexibility index (Phi) is 7.36. The zero-order valence-electron chi connectivity index (χ0n) is 22.5. The van der Waals surface area contributed by atoms with Gasteiger partial charge in [-0.05, 0) is 67.1 Å². The van der Waals surface area contributed by atoms with Crippen molar-refractivity contribution in [2.24, 2.45) is 0 Å². The Morgan fingerprint density at radius 1 is 0.949 bits per heavy atom. The van der Waals surface area contributed by atoms with Crippen LogP contribution in [0.25, 0.3) is 17.2 Å². The van der Waals surface area contributed by atoms with E-state index in [1.54, 1.807) is 18.2 Å². The second-order valence-electron chi connectivity index (χ2n) is 11.0. The number of ether oxygens (including phenoxy) is 1. The van der Waals surface area contributed by atoms with Crippen molar-refractivity contribution in [1.29, 1.82) is 0 Å². The van der Waals surface area contributed by atoms with Gasteiger partial charge < -0.3 is 19.4 Å². The van der Waals surface area contributed by atoms with Crippen LogP contribution in [0.1, 0.15) is 62.3 Å². The van der Waals surface area contributed by atoms with E-state index in [0.717, 1.165) is 22.3 Å². The number of fused-ring (bicyclic) bond motifs is 3.